The maximum Gasteiger partial charge on any atom is 0.0583 e. The van der Waals surface area contributed by atoms with Gasteiger partial charge in [-0.05, 0) is 50.6 Å². The summed E-state index contributed by atoms with van der Waals surface area (Å²) in [6.45, 7) is 13.6. The van der Waals surface area contributed by atoms with Crippen molar-refractivity contribution in [2.24, 2.45) is 11.3 Å². The molecule has 0 saturated carbocycles. The Hall–Kier alpha value is -0.0800. The maximum absolute atomic E-state index is 5.94. The molecule has 1 heterocycles. The average Bonchev–Trinajstić information content (AvgIpc) is 2.57. The minimum atomic E-state index is 0.372. The predicted molar refractivity (Wildman–Crippen MR) is 69.7 cm³/mol. The van der Waals surface area contributed by atoms with Gasteiger partial charge in [-0.15, -0.1) is 0 Å². The van der Waals surface area contributed by atoms with Gasteiger partial charge in [0.05, 0.1) is 12.2 Å². The standard InChI is InChI=1S/C14H29NO/c1-6-15-10-12(14(3,4)5)9-13-8-7-11(2)16-13/h11-13,15H,6-10H2,1-5H3. The van der Waals surface area contributed by atoms with Gasteiger partial charge < -0.3 is 10.1 Å². The summed E-state index contributed by atoms with van der Waals surface area (Å²) in [5.41, 5.74) is 0.372. The summed E-state index contributed by atoms with van der Waals surface area (Å²) < 4.78 is 5.94. The minimum absolute atomic E-state index is 0.372. The summed E-state index contributed by atoms with van der Waals surface area (Å²) in [5, 5.41) is 3.48. The highest BCUT2D eigenvalue weighted by Gasteiger charge is 2.30. The van der Waals surface area contributed by atoms with Gasteiger partial charge in [0.25, 0.3) is 0 Å². The second kappa shape index (κ2) is 6.02. The van der Waals surface area contributed by atoms with Crippen molar-refractivity contribution < 1.29 is 4.74 Å². The smallest absolute Gasteiger partial charge is 0.0583 e. The van der Waals surface area contributed by atoms with Gasteiger partial charge in [-0.1, -0.05) is 27.7 Å². The van der Waals surface area contributed by atoms with Crippen molar-refractivity contribution in [2.45, 2.75) is 66.1 Å². The van der Waals surface area contributed by atoms with Crippen LogP contribution in [0.15, 0.2) is 0 Å². The first-order valence-corrected chi connectivity index (χ1v) is 6.79. The lowest BCUT2D eigenvalue weighted by Gasteiger charge is -2.32. The molecule has 1 N–H and O–H groups in total. The third kappa shape index (κ3) is 4.42. The molecule has 0 aromatic carbocycles. The highest BCUT2D eigenvalue weighted by atomic mass is 16.5. The molecule has 1 saturated heterocycles. The van der Waals surface area contributed by atoms with Crippen molar-refractivity contribution in [3.63, 3.8) is 0 Å². The van der Waals surface area contributed by atoms with Crippen LogP contribution in [-0.2, 0) is 4.74 Å². The van der Waals surface area contributed by atoms with Gasteiger partial charge in [0.15, 0.2) is 0 Å². The van der Waals surface area contributed by atoms with E-state index >= 15 is 0 Å². The maximum atomic E-state index is 5.94. The molecule has 1 rings (SSSR count). The zero-order valence-electron chi connectivity index (χ0n) is 11.7. The lowest BCUT2D eigenvalue weighted by Crippen LogP contribution is -2.34. The van der Waals surface area contributed by atoms with E-state index in [9.17, 15) is 0 Å². The van der Waals surface area contributed by atoms with Crippen LogP contribution in [0.3, 0.4) is 0 Å². The molecule has 0 spiro atoms. The van der Waals surface area contributed by atoms with Crippen LogP contribution in [0, 0.1) is 11.3 Å². The van der Waals surface area contributed by atoms with Crippen LogP contribution >= 0.6 is 0 Å². The fraction of sp³-hybridized carbons (Fsp3) is 1.00. The minimum Gasteiger partial charge on any atom is -0.375 e. The van der Waals surface area contributed by atoms with E-state index in [2.05, 4.69) is 39.9 Å². The van der Waals surface area contributed by atoms with Crippen LogP contribution in [0.25, 0.3) is 0 Å². The summed E-state index contributed by atoms with van der Waals surface area (Å²) in [6.07, 6.45) is 4.67. The summed E-state index contributed by atoms with van der Waals surface area (Å²) in [6, 6.07) is 0. The molecule has 1 fully saturated rings. The average molecular weight is 227 g/mol. The molecule has 0 radical (unpaired) electrons. The Balaban J connectivity index is 2.43. The number of nitrogens with one attached hydrogen (secondary N) is 1. The highest BCUT2D eigenvalue weighted by molar-refractivity contribution is 4.81. The van der Waals surface area contributed by atoms with Gasteiger partial charge in [-0.25, -0.2) is 0 Å². The third-order valence-electron chi connectivity index (χ3n) is 3.73. The number of hydrogen-bond donors (Lipinski definition) is 1. The molecule has 0 aromatic heterocycles. The second-order valence-electron chi connectivity index (χ2n) is 6.25. The van der Waals surface area contributed by atoms with Crippen LogP contribution in [-0.4, -0.2) is 25.3 Å². The Kier molecular flexibility index (Phi) is 5.26. The molecular formula is C14H29NO. The van der Waals surface area contributed by atoms with Crippen LogP contribution in [0.2, 0.25) is 0 Å². The summed E-state index contributed by atoms with van der Waals surface area (Å²) in [4.78, 5) is 0. The molecule has 0 amide bonds. The van der Waals surface area contributed by atoms with Crippen molar-refractivity contribution in [3.05, 3.63) is 0 Å². The molecule has 0 aromatic rings. The first kappa shape index (κ1) is 14.0. The predicted octanol–water partition coefficient (Wildman–Crippen LogP) is 3.22. The van der Waals surface area contributed by atoms with E-state index in [-0.39, 0.29) is 0 Å². The lowest BCUT2D eigenvalue weighted by molar-refractivity contribution is 0.0269. The van der Waals surface area contributed by atoms with E-state index in [1.807, 2.05) is 0 Å². The Morgan fingerprint density at radius 1 is 1.31 bits per heavy atom. The topological polar surface area (TPSA) is 21.3 Å². The fourth-order valence-electron chi connectivity index (χ4n) is 2.44. The summed E-state index contributed by atoms with van der Waals surface area (Å²) >= 11 is 0. The normalized spacial score (nSPS) is 28.3. The first-order chi connectivity index (χ1) is 7.43. The van der Waals surface area contributed by atoms with E-state index in [1.54, 1.807) is 0 Å². The van der Waals surface area contributed by atoms with Gasteiger partial charge in [0.1, 0.15) is 0 Å². The number of hydrogen-bond acceptors (Lipinski definition) is 2. The van der Waals surface area contributed by atoms with E-state index in [4.69, 9.17) is 4.74 Å². The first-order valence-electron chi connectivity index (χ1n) is 6.79. The number of rotatable bonds is 5. The summed E-state index contributed by atoms with van der Waals surface area (Å²) in [5.74, 6) is 0.711. The summed E-state index contributed by atoms with van der Waals surface area (Å²) in [7, 11) is 0. The zero-order valence-corrected chi connectivity index (χ0v) is 11.7. The molecule has 0 aliphatic carbocycles. The van der Waals surface area contributed by atoms with Gasteiger partial charge in [-0.2, -0.15) is 0 Å². The highest BCUT2D eigenvalue weighted by Crippen LogP contribution is 2.33. The Morgan fingerprint density at radius 2 is 2.00 bits per heavy atom. The lowest BCUT2D eigenvalue weighted by atomic mass is 9.77. The third-order valence-corrected chi connectivity index (χ3v) is 3.73. The van der Waals surface area contributed by atoms with Crippen LogP contribution in [0.5, 0.6) is 0 Å². The monoisotopic (exact) mass is 227 g/mol. The Labute approximate surface area is 101 Å². The van der Waals surface area contributed by atoms with Crippen molar-refractivity contribution >= 4 is 0 Å². The van der Waals surface area contributed by atoms with E-state index in [1.165, 1.54) is 19.3 Å². The molecule has 1 aliphatic rings. The molecule has 2 nitrogen and oxygen atoms in total. The zero-order chi connectivity index (χ0) is 12.2. The van der Waals surface area contributed by atoms with Crippen LogP contribution in [0.1, 0.15) is 53.9 Å². The molecule has 1 aliphatic heterocycles. The second-order valence-corrected chi connectivity index (χ2v) is 6.25. The van der Waals surface area contributed by atoms with E-state index < -0.39 is 0 Å². The van der Waals surface area contributed by atoms with Crippen molar-refractivity contribution in [1.29, 1.82) is 0 Å². The molecule has 2 heteroatoms. The van der Waals surface area contributed by atoms with Crippen LogP contribution in [0.4, 0.5) is 0 Å². The van der Waals surface area contributed by atoms with Gasteiger partial charge in [-0.3, -0.25) is 0 Å². The van der Waals surface area contributed by atoms with E-state index in [0.717, 1.165) is 13.1 Å². The molecule has 0 bridgehead atoms. The quantitative estimate of drug-likeness (QED) is 0.778. The Morgan fingerprint density at radius 3 is 2.44 bits per heavy atom. The van der Waals surface area contributed by atoms with Gasteiger partial charge in [0, 0.05) is 0 Å². The molecule has 96 valence electrons. The van der Waals surface area contributed by atoms with Gasteiger partial charge >= 0.3 is 0 Å². The van der Waals surface area contributed by atoms with Crippen molar-refractivity contribution in [1.82, 2.24) is 5.32 Å². The SMILES string of the molecule is CCNCC(CC1CCC(C)O1)C(C)(C)C. The largest absolute Gasteiger partial charge is 0.375 e. The van der Waals surface area contributed by atoms with Crippen LogP contribution < -0.4 is 5.32 Å². The molecular weight excluding hydrogens is 198 g/mol. The number of ether oxygens (including phenoxy) is 1. The van der Waals surface area contributed by atoms with Gasteiger partial charge in [0.2, 0.25) is 0 Å². The molecule has 16 heavy (non-hydrogen) atoms. The van der Waals surface area contributed by atoms with Crippen molar-refractivity contribution in [2.75, 3.05) is 13.1 Å². The molecule has 3 atom stereocenters. The fourth-order valence-corrected chi connectivity index (χ4v) is 2.44. The van der Waals surface area contributed by atoms with E-state index in [0.29, 0.717) is 23.5 Å². The van der Waals surface area contributed by atoms with Crippen molar-refractivity contribution in [3.8, 4) is 0 Å². The Bertz CT molecular complexity index is 197. The molecule has 3 unspecified atom stereocenters.